The van der Waals surface area contributed by atoms with Crippen LogP contribution in [-0.4, -0.2) is 25.7 Å². The molecule has 2 aromatic heterocycles. The molecule has 2 aromatic rings. The van der Waals surface area contributed by atoms with Gasteiger partial charge in [-0.25, -0.2) is 10.8 Å². The Kier molecular flexibility index (Phi) is 4.16. The lowest BCUT2D eigenvalue weighted by Gasteiger charge is -2.13. The van der Waals surface area contributed by atoms with Gasteiger partial charge in [0.1, 0.15) is 17.8 Å². The summed E-state index contributed by atoms with van der Waals surface area (Å²) >= 11 is 5.96. The van der Waals surface area contributed by atoms with Gasteiger partial charge in [-0.3, -0.25) is 4.79 Å². The molecule has 0 aliphatic rings. The Morgan fingerprint density at radius 2 is 2.25 bits per heavy atom. The minimum atomic E-state index is -0.414. The highest BCUT2D eigenvalue weighted by Gasteiger charge is 2.18. The van der Waals surface area contributed by atoms with Gasteiger partial charge in [-0.05, 0) is 19.1 Å². The van der Waals surface area contributed by atoms with E-state index in [-0.39, 0.29) is 16.8 Å². The minimum absolute atomic E-state index is 0.0936. The fourth-order valence-electron chi connectivity index (χ4n) is 1.70. The van der Waals surface area contributed by atoms with E-state index in [0.29, 0.717) is 11.6 Å². The van der Waals surface area contributed by atoms with Crippen molar-refractivity contribution < 1.29 is 4.79 Å². The summed E-state index contributed by atoms with van der Waals surface area (Å²) in [5.41, 5.74) is 2.46. The Morgan fingerprint density at radius 3 is 2.85 bits per heavy atom. The van der Waals surface area contributed by atoms with Gasteiger partial charge in [0, 0.05) is 7.05 Å². The number of carbonyl (C=O) groups excluding carboxylic acids is 1. The summed E-state index contributed by atoms with van der Waals surface area (Å²) in [6, 6.07) is 2.79. The lowest BCUT2D eigenvalue weighted by molar-refractivity contribution is 0.0933. The van der Waals surface area contributed by atoms with E-state index in [4.69, 9.17) is 17.4 Å². The van der Waals surface area contributed by atoms with Crippen molar-refractivity contribution >= 4 is 23.3 Å². The number of pyridine rings is 1. The molecule has 4 N–H and O–H groups in total. The van der Waals surface area contributed by atoms with Crippen LogP contribution in [0.2, 0.25) is 5.02 Å². The highest BCUT2D eigenvalue weighted by molar-refractivity contribution is 6.33. The Labute approximate surface area is 120 Å². The van der Waals surface area contributed by atoms with Gasteiger partial charge in [0.25, 0.3) is 5.91 Å². The van der Waals surface area contributed by atoms with Crippen LogP contribution in [0.3, 0.4) is 0 Å². The van der Waals surface area contributed by atoms with Gasteiger partial charge < -0.3 is 15.3 Å². The third-order valence-electron chi connectivity index (χ3n) is 2.69. The van der Waals surface area contributed by atoms with E-state index in [0.717, 1.165) is 0 Å². The number of nitrogens with two attached hydrogens (primary N) is 1. The topological polar surface area (TPSA) is 111 Å². The lowest BCUT2D eigenvalue weighted by Crippen LogP contribution is -2.29. The van der Waals surface area contributed by atoms with Crippen molar-refractivity contribution in [2.75, 3.05) is 5.43 Å². The van der Waals surface area contributed by atoms with Crippen molar-refractivity contribution in [3.05, 3.63) is 35.0 Å². The fraction of sp³-hybridized carbons (Fsp3) is 0.273. The van der Waals surface area contributed by atoms with E-state index in [9.17, 15) is 4.79 Å². The molecule has 2 rings (SSSR count). The molecule has 0 spiro atoms. The van der Waals surface area contributed by atoms with Crippen molar-refractivity contribution in [1.82, 2.24) is 25.1 Å². The number of nitrogens with one attached hydrogen (secondary N) is 2. The molecule has 2 heterocycles. The van der Waals surface area contributed by atoms with Gasteiger partial charge >= 0.3 is 0 Å². The lowest BCUT2D eigenvalue weighted by atomic mass is 10.2. The molecule has 8 nitrogen and oxygen atoms in total. The monoisotopic (exact) mass is 295 g/mol. The summed E-state index contributed by atoms with van der Waals surface area (Å²) in [5.74, 6) is 5.82. The number of anilines is 1. The highest BCUT2D eigenvalue weighted by atomic mass is 35.5. The number of nitrogen functional groups attached to an aromatic ring is 1. The summed E-state index contributed by atoms with van der Waals surface area (Å²) < 4.78 is 1.72. The van der Waals surface area contributed by atoms with Crippen molar-refractivity contribution in [2.45, 2.75) is 13.0 Å². The Balaban J connectivity index is 2.18. The smallest absolute Gasteiger partial charge is 0.272 e. The minimum Gasteiger partial charge on any atom is -0.341 e. The van der Waals surface area contributed by atoms with Crippen molar-refractivity contribution in [1.29, 1.82) is 0 Å². The first-order valence-electron chi connectivity index (χ1n) is 5.81. The van der Waals surface area contributed by atoms with Gasteiger partial charge in [0.15, 0.2) is 5.82 Å². The number of carbonyl (C=O) groups is 1. The van der Waals surface area contributed by atoms with Crippen LogP contribution in [0.15, 0.2) is 18.5 Å². The zero-order chi connectivity index (χ0) is 14.7. The normalized spacial score (nSPS) is 12.0. The Hall–Kier alpha value is -2.19. The molecule has 0 fully saturated rings. The molecule has 0 aromatic carbocycles. The molecular weight excluding hydrogens is 282 g/mol. The molecule has 1 unspecified atom stereocenters. The molecule has 0 aliphatic heterocycles. The standard InChI is InChI=1S/C11H14ClN7O/c1-6(10-18-14-5-19(10)2)15-11(20)9-7(12)3-4-8(16-9)17-13/h3-6H,13H2,1-2H3,(H,15,20)(H,16,17). The van der Waals surface area contributed by atoms with E-state index in [1.807, 2.05) is 0 Å². The van der Waals surface area contributed by atoms with E-state index in [2.05, 4.69) is 25.9 Å². The number of nitrogens with zero attached hydrogens (tertiary/aromatic N) is 4. The largest absolute Gasteiger partial charge is 0.341 e. The van der Waals surface area contributed by atoms with Crippen molar-refractivity contribution in [3.8, 4) is 0 Å². The third-order valence-corrected chi connectivity index (χ3v) is 3.00. The van der Waals surface area contributed by atoms with Gasteiger partial charge in [0.05, 0.1) is 11.1 Å². The molecule has 0 bridgehead atoms. The quantitative estimate of drug-likeness (QED) is 0.564. The van der Waals surface area contributed by atoms with Crippen LogP contribution in [0.4, 0.5) is 5.82 Å². The van der Waals surface area contributed by atoms with Crippen LogP contribution in [0, 0.1) is 0 Å². The number of hydrazine groups is 1. The second kappa shape index (κ2) is 5.85. The highest BCUT2D eigenvalue weighted by Crippen LogP contribution is 2.17. The molecule has 9 heteroatoms. The van der Waals surface area contributed by atoms with Gasteiger partial charge in [-0.1, -0.05) is 11.6 Å². The molecule has 0 saturated heterocycles. The number of hydrogen-bond acceptors (Lipinski definition) is 6. The molecule has 106 valence electrons. The SMILES string of the molecule is CC(NC(=O)c1nc(NN)ccc1Cl)c1nncn1C. The van der Waals surface area contributed by atoms with Crippen LogP contribution < -0.4 is 16.6 Å². The zero-order valence-corrected chi connectivity index (χ0v) is 11.7. The Bertz CT molecular complexity index is 627. The van der Waals surface area contributed by atoms with E-state index in [1.54, 1.807) is 37.0 Å². The molecule has 1 amide bonds. The van der Waals surface area contributed by atoms with Crippen LogP contribution in [0.5, 0.6) is 0 Å². The average Bonchev–Trinajstić information content (AvgIpc) is 2.85. The first-order chi connectivity index (χ1) is 9.52. The average molecular weight is 296 g/mol. The summed E-state index contributed by atoms with van der Waals surface area (Å²) in [5, 5.41) is 10.7. The second-order valence-electron chi connectivity index (χ2n) is 4.17. The molecule has 20 heavy (non-hydrogen) atoms. The number of rotatable bonds is 4. The maximum Gasteiger partial charge on any atom is 0.272 e. The van der Waals surface area contributed by atoms with Crippen LogP contribution >= 0.6 is 11.6 Å². The van der Waals surface area contributed by atoms with E-state index < -0.39 is 5.91 Å². The number of amides is 1. The molecular formula is C11H14ClN7O. The van der Waals surface area contributed by atoms with Crippen molar-refractivity contribution in [2.24, 2.45) is 12.9 Å². The molecule has 0 aliphatic carbocycles. The number of hydrogen-bond donors (Lipinski definition) is 3. The van der Waals surface area contributed by atoms with E-state index >= 15 is 0 Å². The molecule has 0 saturated carbocycles. The summed E-state index contributed by atoms with van der Waals surface area (Å²) in [7, 11) is 1.79. The van der Waals surface area contributed by atoms with Crippen molar-refractivity contribution in [3.63, 3.8) is 0 Å². The van der Waals surface area contributed by atoms with Crippen LogP contribution in [0.1, 0.15) is 29.3 Å². The summed E-state index contributed by atoms with van der Waals surface area (Å²) in [6.07, 6.45) is 1.56. The molecule has 1 atom stereocenters. The number of halogens is 1. The third kappa shape index (κ3) is 2.86. The summed E-state index contributed by atoms with van der Waals surface area (Å²) in [6.45, 7) is 1.79. The van der Waals surface area contributed by atoms with Gasteiger partial charge in [-0.2, -0.15) is 0 Å². The van der Waals surface area contributed by atoms with Crippen LogP contribution in [0.25, 0.3) is 0 Å². The van der Waals surface area contributed by atoms with E-state index in [1.165, 1.54) is 0 Å². The van der Waals surface area contributed by atoms with Crippen LogP contribution in [-0.2, 0) is 7.05 Å². The first kappa shape index (κ1) is 14.2. The second-order valence-corrected chi connectivity index (χ2v) is 4.57. The number of aryl methyl sites for hydroxylation is 1. The van der Waals surface area contributed by atoms with Gasteiger partial charge in [-0.15, -0.1) is 10.2 Å². The first-order valence-corrected chi connectivity index (χ1v) is 6.18. The maximum atomic E-state index is 12.2. The predicted molar refractivity (Wildman–Crippen MR) is 73.9 cm³/mol. The zero-order valence-electron chi connectivity index (χ0n) is 11.0. The summed E-state index contributed by atoms with van der Waals surface area (Å²) in [4.78, 5) is 16.2. The number of aromatic nitrogens is 4. The maximum absolute atomic E-state index is 12.2. The fourth-order valence-corrected chi connectivity index (χ4v) is 1.89. The Morgan fingerprint density at radius 1 is 1.50 bits per heavy atom. The van der Waals surface area contributed by atoms with Gasteiger partial charge in [0.2, 0.25) is 0 Å². The predicted octanol–water partition coefficient (Wildman–Crippen LogP) is 0.640. The molecule has 0 radical (unpaired) electrons.